The summed E-state index contributed by atoms with van der Waals surface area (Å²) < 4.78 is 1.97. The second kappa shape index (κ2) is 3.88. The van der Waals surface area contributed by atoms with E-state index in [1.165, 1.54) is 0 Å². The van der Waals surface area contributed by atoms with Gasteiger partial charge in [-0.05, 0) is 12.1 Å². The summed E-state index contributed by atoms with van der Waals surface area (Å²) in [7, 11) is 0. The van der Waals surface area contributed by atoms with Crippen molar-refractivity contribution in [1.29, 1.82) is 0 Å². The van der Waals surface area contributed by atoms with E-state index in [9.17, 15) is 0 Å². The average molecular weight is 235 g/mol. The largest absolute Gasteiger partial charge is 0.312 e. The molecule has 1 aliphatic rings. The number of halogens is 1. The monoisotopic (exact) mass is 234 g/mol. The van der Waals surface area contributed by atoms with Gasteiger partial charge >= 0.3 is 0 Å². The molecule has 0 unspecified atom stereocenters. The van der Waals surface area contributed by atoms with Gasteiger partial charge in [0.15, 0.2) is 0 Å². The molecule has 5 heteroatoms. The molecule has 0 aliphatic carbocycles. The third-order valence-corrected chi connectivity index (χ3v) is 3.07. The van der Waals surface area contributed by atoms with E-state index in [0.717, 1.165) is 29.4 Å². The van der Waals surface area contributed by atoms with Gasteiger partial charge in [0.25, 0.3) is 0 Å². The van der Waals surface area contributed by atoms with Gasteiger partial charge < -0.3 is 5.32 Å². The second-order valence-electron chi connectivity index (χ2n) is 3.88. The molecule has 16 heavy (non-hydrogen) atoms. The Morgan fingerprint density at radius 2 is 2.00 bits per heavy atom. The van der Waals surface area contributed by atoms with E-state index in [2.05, 4.69) is 15.6 Å². The van der Waals surface area contributed by atoms with Gasteiger partial charge in [0.05, 0.1) is 17.9 Å². The number of benzene rings is 1. The summed E-state index contributed by atoms with van der Waals surface area (Å²) in [5.74, 6) is 0. The van der Waals surface area contributed by atoms with Gasteiger partial charge in [0.1, 0.15) is 0 Å². The highest BCUT2D eigenvalue weighted by atomic mass is 35.5. The number of aromatic nitrogens is 3. The molecular weight excluding hydrogens is 224 g/mol. The van der Waals surface area contributed by atoms with Crippen molar-refractivity contribution < 1.29 is 0 Å². The highest BCUT2D eigenvalue weighted by Gasteiger charge is 2.22. The van der Waals surface area contributed by atoms with Gasteiger partial charge in [-0.1, -0.05) is 28.9 Å². The molecule has 0 atom stereocenters. The Morgan fingerprint density at radius 3 is 2.62 bits per heavy atom. The van der Waals surface area contributed by atoms with E-state index in [4.69, 9.17) is 11.6 Å². The maximum Gasteiger partial charge on any atom is 0.0890 e. The van der Waals surface area contributed by atoms with Crippen molar-refractivity contribution in [1.82, 2.24) is 20.3 Å². The summed E-state index contributed by atoms with van der Waals surface area (Å²) in [6, 6.07) is 8.17. The minimum Gasteiger partial charge on any atom is -0.312 e. The lowest BCUT2D eigenvalue weighted by molar-refractivity contribution is 0.315. The van der Waals surface area contributed by atoms with E-state index < -0.39 is 0 Å². The van der Waals surface area contributed by atoms with Crippen molar-refractivity contribution in [3.05, 3.63) is 35.5 Å². The standard InChI is InChI=1S/C11H11ClN4/c12-9-3-1-8(2-4-9)11-7-14-15-16(11)10-5-13-6-10/h1-4,7,10,13H,5-6H2. The molecule has 0 spiro atoms. The fourth-order valence-corrected chi connectivity index (χ4v) is 1.91. The zero-order valence-corrected chi connectivity index (χ0v) is 9.35. The van der Waals surface area contributed by atoms with Crippen LogP contribution in [0.4, 0.5) is 0 Å². The molecule has 1 fully saturated rings. The Balaban J connectivity index is 1.99. The van der Waals surface area contributed by atoms with Crippen LogP contribution in [0.3, 0.4) is 0 Å². The summed E-state index contributed by atoms with van der Waals surface area (Å²) in [4.78, 5) is 0. The first-order chi connectivity index (χ1) is 7.84. The van der Waals surface area contributed by atoms with Crippen LogP contribution < -0.4 is 5.32 Å². The van der Waals surface area contributed by atoms with Gasteiger partial charge in [-0.3, -0.25) is 0 Å². The molecule has 4 nitrogen and oxygen atoms in total. The number of hydrogen-bond donors (Lipinski definition) is 1. The quantitative estimate of drug-likeness (QED) is 0.861. The predicted molar refractivity (Wildman–Crippen MR) is 62.4 cm³/mol. The molecule has 82 valence electrons. The van der Waals surface area contributed by atoms with Gasteiger partial charge in [0, 0.05) is 23.7 Å². The van der Waals surface area contributed by atoms with Crippen LogP contribution in [-0.2, 0) is 0 Å². The van der Waals surface area contributed by atoms with Crippen molar-refractivity contribution in [2.45, 2.75) is 6.04 Å². The minimum atomic E-state index is 0.424. The van der Waals surface area contributed by atoms with E-state index in [0.29, 0.717) is 6.04 Å². The maximum atomic E-state index is 5.87. The predicted octanol–water partition coefficient (Wildman–Crippen LogP) is 1.74. The molecule has 1 aromatic heterocycles. The summed E-state index contributed by atoms with van der Waals surface area (Å²) in [5.41, 5.74) is 2.14. The van der Waals surface area contributed by atoms with Crippen LogP contribution >= 0.6 is 11.6 Å². The van der Waals surface area contributed by atoms with Gasteiger partial charge in [-0.15, -0.1) is 5.10 Å². The second-order valence-corrected chi connectivity index (χ2v) is 4.32. The highest BCUT2D eigenvalue weighted by Crippen LogP contribution is 2.24. The Morgan fingerprint density at radius 1 is 1.25 bits per heavy atom. The average Bonchev–Trinajstić information content (AvgIpc) is 2.65. The van der Waals surface area contributed by atoms with Gasteiger partial charge in [-0.2, -0.15) is 0 Å². The first-order valence-electron chi connectivity index (χ1n) is 5.21. The summed E-state index contributed by atoms with van der Waals surface area (Å²) in [6.07, 6.45) is 1.79. The lowest BCUT2D eigenvalue weighted by Gasteiger charge is -2.28. The summed E-state index contributed by atoms with van der Waals surface area (Å²) in [5, 5.41) is 12.1. The molecule has 0 radical (unpaired) electrons. The molecule has 1 saturated heterocycles. The molecule has 1 aromatic carbocycles. The van der Waals surface area contributed by atoms with E-state index >= 15 is 0 Å². The molecule has 1 N–H and O–H groups in total. The summed E-state index contributed by atoms with van der Waals surface area (Å²) in [6.45, 7) is 1.92. The van der Waals surface area contributed by atoms with Crippen LogP contribution in [-0.4, -0.2) is 28.1 Å². The molecule has 2 heterocycles. The number of hydrogen-bond acceptors (Lipinski definition) is 3. The number of nitrogens with zero attached hydrogens (tertiary/aromatic N) is 3. The van der Waals surface area contributed by atoms with Crippen LogP contribution in [0.2, 0.25) is 5.02 Å². The van der Waals surface area contributed by atoms with Crippen LogP contribution in [0, 0.1) is 0 Å². The van der Waals surface area contributed by atoms with Gasteiger partial charge in [0.2, 0.25) is 0 Å². The van der Waals surface area contributed by atoms with Crippen molar-refractivity contribution >= 4 is 11.6 Å². The Bertz CT molecular complexity index is 487. The normalized spacial score (nSPS) is 16.1. The van der Waals surface area contributed by atoms with Crippen LogP contribution in [0.15, 0.2) is 30.5 Å². The van der Waals surface area contributed by atoms with Crippen LogP contribution in [0.5, 0.6) is 0 Å². The fraction of sp³-hybridized carbons (Fsp3) is 0.273. The topological polar surface area (TPSA) is 42.7 Å². The third kappa shape index (κ3) is 1.60. The van der Waals surface area contributed by atoms with Gasteiger partial charge in [-0.25, -0.2) is 4.68 Å². The Hall–Kier alpha value is -1.39. The first-order valence-corrected chi connectivity index (χ1v) is 5.59. The first kappa shape index (κ1) is 9.81. The molecule has 2 aromatic rings. The van der Waals surface area contributed by atoms with E-state index in [1.54, 1.807) is 6.20 Å². The molecule has 0 amide bonds. The molecule has 0 saturated carbocycles. The van der Waals surface area contributed by atoms with Crippen LogP contribution in [0.1, 0.15) is 6.04 Å². The SMILES string of the molecule is Clc1ccc(-c2cnnn2C2CNC2)cc1. The maximum absolute atomic E-state index is 5.87. The van der Waals surface area contributed by atoms with Crippen molar-refractivity contribution in [2.75, 3.05) is 13.1 Å². The third-order valence-electron chi connectivity index (χ3n) is 2.82. The van der Waals surface area contributed by atoms with Crippen molar-refractivity contribution in [3.63, 3.8) is 0 Å². The zero-order chi connectivity index (χ0) is 11.0. The van der Waals surface area contributed by atoms with Crippen LogP contribution in [0.25, 0.3) is 11.3 Å². The van der Waals surface area contributed by atoms with E-state index in [-0.39, 0.29) is 0 Å². The van der Waals surface area contributed by atoms with Crippen molar-refractivity contribution in [2.24, 2.45) is 0 Å². The Labute approximate surface area is 98.2 Å². The molecular formula is C11H11ClN4. The molecule has 1 aliphatic heterocycles. The smallest absolute Gasteiger partial charge is 0.0890 e. The highest BCUT2D eigenvalue weighted by molar-refractivity contribution is 6.30. The Kier molecular flexibility index (Phi) is 2.38. The molecule has 0 bridgehead atoms. The zero-order valence-electron chi connectivity index (χ0n) is 8.60. The van der Waals surface area contributed by atoms with Crippen molar-refractivity contribution in [3.8, 4) is 11.3 Å². The number of rotatable bonds is 2. The fourth-order valence-electron chi connectivity index (χ4n) is 1.79. The minimum absolute atomic E-state index is 0.424. The van der Waals surface area contributed by atoms with E-state index in [1.807, 2.05) is 28.9 Å². The summed E-state index contributed by atoms with van der Waals surface area (Å²) >= 11 is 5.87. The lowest BCUT2D eigenvalue weighted by Crippen LogP contribution is -2.44. The lowest BCUT2D eigenvalue weighted by atomic mass is 10.1. The molecule has 3 rings (SSSR count). The number of nitrogens with one attached hydrogen (secondary N) is 1.